The summed E-state index contributed by atoms with van der Waals surface area (Å²) in [7, 11) is 0. The quantitative estimate of drug-likeness (QED) is 0.477. The Labute approximate surface area is 188 Å². The van der Waals surface area contributed by atoms with Gasteiger partial charge >= 0.3 is 0 Å². The Morgan fingerprint density at radius 3 is 2.32 bits per heavy atom. The van der Waals surface area contributed by atoms with Crippen LogP contribution in [0.3, 0.4) is 0 Å². The Balaban J connectivity index is 1.74. The van der Waals surface area contributed by atoms with Gasteiger partial charge in [-0.15, -0.1) is 0 Å². The first kappa shape index (κ1) is 21.5. The highest BCUT2D eigenvalue weighted by molar-refractivity contribution is 6.38. The van der Waals surface area contributed by atoms with Crippen LogP contribution in [0.5, 0.6) is 0 Å². The fourth-order valence-electron chi connectivity index (χ4n) is 3.70. The van der Waals surface area contributed by atoms with Crippen molar-refractivity contribution in [2.45, 2.75) is 40.3 Å². The molecule has 2 heterocycles. The molecule has 3 aromatic rings. The highest BCUT2D eigenvalue weighted by Crippen LogP contribution is 2.41. The summed E-state index contributed by atoms with van der Waals surface area (Å²) in [6.45, 7) is 8.08. The number of carbonyl (C=O) groups is 1. The zero-order valence-corrected chi connectivity index (χ0v) is 18.9. The number of amides is 1. The first-order valence-corrected chi connectivity index (χ1v) is 10.5. The van der Waals surface area contributed by atoms with Gasteiger partial charge in [0.05, 0.1) is 22.3 Å². The Morgan fingerprint density at radius 1 is 1.03 bits per heavy atom. The number of hydrogen-bond acceptors (Lipinski definition) is 6. The third-order valence-corrected chi connectivity index (χ3v) is 5.98. The molecule has 7 nitrogen and oxygen atoms in total. The SMILES string of the molecule is Cc1ccc([C@H](Nc2c(Nc3c(Cl)cc(Cl)c4c3C(=O)NC4)c(=O)c2=O)C(C)(C)C)o1. The van der Waals surface area contributed by atoms with E-state index in [0.29, 0.717) is 16.3 Å². The van der Waals surface area contributed by atoms with Crippen molar-refractivity contribution in [2.75, 3.05) is 10.6 Å². The second kappa shape index (κ2) is 7.43. The van der Waals surface area contributed by atoms with Crippen LogP contribution in [0.4, 0.5) is 17.1 Å². The molecule has 1 aliphatic heterocycles. The van der Waals surface area contributed by atoms with Crippen LogP contribution in [0.15, 0.2) is 32.2 Å². The summed E-state index contributed by atoms with van der Waals surface area (Å²) in [5, 5.41) is 9.30. The average Bonchev–Trinajstić information content (AvgIpc) is 3.28. The van der Waals surface area contributed by atoms with E-state index >= 15 is 0 Å². The van der Waals surface area contributed by atoms with Gasteiger partial charge in [0.15, 0.2) is 0 Å². The van der Waals surface area contributed by atoms with Crippen LogP contribution in [-0.2, 0) is 6.54 Å². The number of anilines is 3. The van der Waals surface area contributed by atoms with Crippen molar-refractivity contribution < 1.29 is 9.21 Å². The molecule has 0 bridgehead atoms. The molecule has 1 aromatic heterocycles. The Kier molecular flexibility index (Phi) is 5.14. The molecule has 0 aliphatic carbocycles. The van der Waals surface area contributed by atoms with E-state index in [1.165, 1.54) is 6.07 Å². The Hall–Kier alpha value is -2.77. The summed E-state index contributed by atoms with van der Waals surface area (Å²) in [6.07, 6.45) is 0. The summed E-state index contributed by atoms with van der Waals surface area (Å²) in [5.74, 6) is 1.03. The lowest BCUT2D eigenvalue weighted by Crippen LogP contribution is -2.39. The predicted octanol–water partition coefficient (Wildman–Crippen LogP) is 4.68. The van der Waals surface area contributed by atoms with E-state index in [9.17, 15) is 14.4 Å². The largest absolute Gasteiger partial charge is 0.464 e. The highest BCUT2D eigenvalue weighted by atomic mass is 35.5. The average molecular weight is 462 g/mol. The zero-order chi connectivity index (χ0) is 22.7. The summed E-state index contributed by atoms with van der Waals surface area (Å²) in [6, 6.07) is 4.81. The first-order valence-electron chi connectivity index (χ1n) is 9.71. The molecule has 31 heavy (non-hydrogen) atoms. The summed E-state index contributed by atoms with van der Waals surface area (Å²) < 4.78 is 5.77. The van der Waals surface area contributed by atoms with Gasteiger partial charge in [-0.1, -0.05) is 44.0 Å². The third-order valence-electron chi connectivity index (χ3n) is 5.35. The molecule has 0 fully saturated rings. The van der Waals surface area contributed by atoms with E-state index in [-0.39, 0.29) is 51.6 Å². The van der Waals surface area contributed by atoms with E-state index in [2.05, 4.69) is 16.0 Å². The number of aryl methyl sites for hydroxylation is 1. The molecule has 3 N–H and O–H groups in total. The standard InChI is InChI=1S/C22H21Cl2N3O4/c1-9-5-6-13(31-9)20(22(2,3)4)27-17-16(18(28)19(17)29)26-15-12(24)7-11(23)10-8-25-21(30)14(10)15/h5-7,20,26-27H,8H2,1-4H3,(H,25,30)/t20-/m0/s1. The van der Waals surface area contributed by atoms with Crippen molar-refractivity contribution in [3.05, 3.63) is 71.3 Å². The van der Waals surface area contributed by atoms with Gasteiger partial charge < -0.3 is 20.4 Å². The summed E-state index contributed by atoms with van der Waals surface area (Å²) in [5.41, 5.74) is -0.398. The first-order chi connectivity index (χ1) is 14.5. The van der Waals surface area contributed by atoms with Crippen LogP contribution in [0.2, 0.25) is 10.0 Å². The van der Waals surface area contributed by atoms with Crippen LogP contribution in [-0.4, -0.2) is 5.91 Å². The van der Waals surface area contributed by atoms with Crippen LogP contribution in [0.1, 0.15) is 54.3 Å². The number of benzene rings is 1. The highest BCUT2D eigenvalue weighted by Gasteiger charge is 2.34. The van der Waals surface area contributed by atoms with Crippen molar-refractivity contribution in [2.24, 2.45) is 5.41 Å². The van der Waals surface area contributed by atoms with Gasteiger partial charge in [-0.25, -0.2) is 0 Å². The van der Waals surface area contributed by atoms with Gasteiger partial charge in [0.25, 0.3) is 16.8 Å². The summed E-state index contributed by atoms with van der Waals surface area (Å²) in [4.78, 5) is 37.2. The molecule has 0 spiro atoms. The van der Waals surface area contributed by atoms with Crippen molar-refractivity contribution in [3.63, 3.8) is 0 Å². The van der Waals surface area contributed by atoms with Crippen molar-refractivity contribution in [1.82, 2.24) is 5.32 Å². The molecular formula is C22H21Cl2N3O4. The fraction of sp³-hybridized carbons (Fsp3) is 0.318. The van der Waals surface area contributed by atoms with E-state index in [1.807, 2.05) is 39.8 Å². The minimum Gasteiger partial charge on any atom is -0.464 e. The molecule has 4 rings (SSSR count). The van der Waals surface area contributed by atoms with Crippen LogP contribution in [0.25, 0.3) is 0 Å². The topological polar surface area (TPSA) is 100 Å². The number of rotatable bonds is 5. The normalized spacial score (nSPS) is 14.5. The molecular weight excluding hydrogens is 441 g/mol. The van der Waals surface area contributed by atoms with Crippen molar-refractivity contribution >= 4 is 46.2 Å². The number of furan rings is 1. The maximum atomic E-state index is 12.4. The maximum Gasteiger partial charge on any atom is 0.254 e. The lowest BCUT2D eigenvalue weighted by atomic mass is 9.85. The van der Waals surface area contributed by atoms with Crippen molar-refractivity contribution in [1.29, 1.82) is 0 Å². The van der Waals surface area contributed by atoms with Crippen LogP contribution < -0.4 is 26.8 Å². The fourth-order valence-corrected chi connectivity index (χ4v) is 4.28. The molecule has 0 saturated heterocycles. The van der Waals surface area contributed by atoms with Gasteiger partial charge in [-0.2, -0.15) is 0 Å². The number of carbonyl (C=O) groups excluding carboxylic acids is 1. The maximum absolute atomic E-state index is 12.4. The second-order valence-electron chi connectivity index (χ2n) is 8.68. The van der Waals surface area contributed by atoms with Gasteiger partial charge in [0, 0.05) is 17.1 Å². The zero-order valence-electron chi connectivity index (χ0n) is 17.4. The molecule has 0 unspecified atom stereocenters. The van der Waals surface area contributed by atoms with Crippen molar-refractivity contribution in [3.8, 4) is 0 Å². The van der Waals surface area contributed by atoms with E-state index < -0.39 is 10.9 Å². The molecule has 0 saturated carbocycles. The lowest BCUT2D eigenvalue weighted by molar-refractivity contribution is 0.0966. The minimum absolute atomic E-state index is 0.0497. The lowest BCUT2D eigenvalue weighted by Gasteiger charge is -2.31. The molecule has 1 amide bonds. The van der Waals surface area contributed by atoms with Gasteiger partial charge in [-0.3, -0.25) is 14.4 Å². The van der Waals surface area contributed by atoms with Gasteiger partial charge in [0.1, 0.15) is 22.9 Å². The Morgan fingerprint density at radius 2 is 1.71 bits per heavy atom. The number of hydrogen-bond donors (Lipinski definition) is 3. The molecule has 0 radical (unpaired) electrons. The predicted molar refractivity (Wildman–Crippen MR) is 122 cm³/mol. The molecule has 2 aromatic carbocycles. The molecule has 1 aliphatic rings. The summed E-state index contributed by atoms with van der Waals surface area (Å²) >= 11 is 12.5. The van der Waals surface area contributed by atoms with Gasteiger partial charge in [0.2, 0.25) is 0 Å². The number of nitrogens with one attached hydrogen (secondary N) is 3. The molecule has 162 valence electrons. The minimum atomic E-state index is -0.691. The Bertz CT molecular complexity index is 1280. The molecule has 9 heteroatoms. The second-order valence-corrected chi connectivity index (χ2v) is 9.49. The van der Waals surface area contributed by atoms with E-state index in [4.69, 9.17) is 27.6 Å². The number of fused-ring (bicyclic) bond motifs is 1. The monoisotopic (exact) mass is 461 g/mol. The van der Waals surface area contributed by atoms with Gasteiger partial charge in [-0.05, 0) is 30.5 Å². The van der Waals surface area contributed by atoms with E-state index in [0.717, 1.165) is 5.76 Å². The smallest absolute Gasteiger partial charge is 0.254 e. The third kappa shape index (κ3) is 3.62. The van der Waals surface area contributed by atoms with Crippen LogP contribution in [0, 0.1) is 12.3 Å². The molecule has 1 atom stereocenters. The number of halogens is 2. The van der Waals surface area contributed by atoms with E-state index in [1.54, 1.807) is 0 Å². The van der Waals surface area contributed by atoms with Crippen LogP contribution >= 0.6 is 23.2 Å².